The number of carbonyl (C=O) groups excluding carboxylic acids is 2. The van der Waals surface area contributed by atoms with Gasteiger partial charge in [0.2, 0.25) is 0 Å². The van der Waals surface area contributed by atoms with Crippen molar-refractivity contribution in [2.75, 3.05) is 13.6 Å². The summed E-state index contributed by atoms with van der Waals surface area (Å²) in [5.74, 6) is 0. The van der Waals surface area contributed by atoms with E-state index in [4.69, 9.17) is 0 Å². The van der Waals surface area contributed by atoms with Crippen LogP contribution in [-0.2, 0) is 9.59 Å². The highest BCUT2D eigenvalue weighted by atomic mass is 16.1. The second-order valence-electron chi connectivity index (χ2n) is 2.07. The number of nitrogens with zero attached hydrogens (tertiary/aromatic N) is 2. The third-order valence-corrected chi connectivity index (χ3v) is 1.14. The molecule has 0 aromatic rings. The lowest BCUT2D eigenvalue weighted by Gasteiger charge is -2.08. The SMILES string of the molecule is CC/C(C=O)=N\N(C)CC=O. The standard InChI is InChI=1S/C7H12N2O2/c1-3-7(6-11)8-9(2)4-5-10/h5-6H,3-4H2,1-2H3/b8-7+. The van der Waals surface area contributed by atoms with E-state index in [2.05, 4.69) is 5.10 Å². The van der Waals surface area contributed by atoms with Crippen molar-refractivity contribution >= 4 is 18.3 Å². The van der Waals surface area contributed by atoms with Crippen LogP contribution in [0.5, 0.6) is 0 Å². The molecule has 0 rings (SSSR count). The summed E-state index contributed by atoms with van der Waals surface area (Å²) in [5.41, 5.74) is 0.453. The molecule has 0 unspecified atom stereocenters. The van der Waals surface area contributed by atoms with Crippen molar-refractivity contribution in [3.8, 4) is 0 Å². The van der Waals surface area contributed by atoms with E-state index in [0.717, 1.165) is 6.29 Å². The van der Waals surface area contributed by atoms with Crippen molar-refractivity contribution in [3.63, 3.8) is 0 Å². The quantitative estimate of drug-likeness (QED) is 0.322. The second kappa shape index (κ2) is 5.58. The second-order valence-corrected chi connectivity index (χ2v) is 2.07. The molecule has 0 aliphatic rings. The molecule has 0 fully saturated rings. The van der Waals surface area contributed by atoms with Gasteiger partial charge in [0.15, 0.2) is 6.29 Å². The van der Waals surface area contributed by atoms with E-state index in [0.29, 0.717) is 18.4 Å². The highest BCUT2D eigenvalue weighted by Crippen LogP contribution is 1.86. The Bertz CT molecular complexity index is 166. The fourth-order valence-corrected chi connectivity index (χ4v) is 0.546. The highest BCUT2D eigenvalue weighted by molar-refractivity contribution is 6.28. The van der Waals surface area contributed by atoms with Gasteiger partial charge in [0.05, 0.1) is 12.3 Å². The van der Waals surface area contributed by atoms with Gasteiger partial charge in [-0.15, -0.1) is 0 Å². The Morgan fingerprint density at radius 1 is 1.55 bits per heavy atom. The third-order valence-electron chi connectivity index (χ3n) is 1.14. The van der Waals surface area contributed by atoms with Gasteiger partial charge < -0.3 is 4.79 Å². The predicted molar refractivity (Wildman–Crippen MR) is 42.5 cm³/mol. The molecule has 0 bridgehead atoms. The van der Waals surface area contributed by atoms with E-state index in [1.54, 1.807) is 7.05 Å². The number of hydrazone groups is 1. The van der Waals surface area contributed by atoms with Gasteiger partial charge in [0, 0.05) is 7.05 Å². The van der Waals surface area contributed by atoms with Crippen LogP contribution in [0.3, 0.4) is 0 Å². The maximum Gasteiger partial charge on any atom is 0.166 e. The molecule has 62 valence electrons. The molecule has 0 aliphatic carbocycles. The van der Waals surface area contributed by atoms with Crippen LogP contribution < -0.4 is 0 Å². The average molecular weight is 156 g/mol. The zero-order valence-electron chi connectivity index (χ0n) is 6.78. The lowest BCUT2D eigenvalue weighted by atomic mass is 10.3. The first-order chi connectivity index (χ1) is 5.24. The Hall–Kier alpha value is -1.19. The minimum atomic E-state index is 0.220. The van der Waals surface area contributed by atoms with Crippen molar-refractivity contribution in [1.29, 1.82) is 0 Å². The molecular formula is C7H12N2O2. The van der Waals surface area contributed by atoms with Crippen LogP contribution in [0.15, 0.2) is 5.10 Å². The fourth-order valence-electron chi connectivity index (χ4n) is 0.546. The van der Waals surface area contributed by atoms with E-state index < -0.39 is 0 Å². The molecule has 0 N–H and O–H groups in total. The molecular weight excluding hydrogens is 144 g/mol. The summed E-state index contributed by atoms with van der Waals surface area (Å²) in [6.07, 6.45) is 2.02. The Morgan fingerprint density at radius 3 is 2.55 bits per heavy atom. The summed E-state index contributed by atoms with van der Waals surface area (Å²) >= 11 is 0. The maximum absolute atomic E-state index is 10.2. The normalized spacial score (nSPS) is 10.9. The fraction of sp³-hybridized carbons (Fsp3) is 0.571. The Labute approximate surface area is 65.9 Å². The molecule has 4 heteroatoms. The van der Waals surface area contributed by atoms with E-state index in [-0.39, 0.29) is 6.54 Å². The smallest absolute Gasteiger partial charge is 0.166 e. The number of carbonyl (C=O) groups is 2. The zero-order valence-corrected chi connectivity index (χ0v) is 6.78. The van der Waals surface area contributed by atoms with Crippen molar-refractivity contribution in [3.05, 3.63) is 0 Å². The predicted octanol–water partition coefficient (Wildman–Crippen LogP) is 0.0820. The van der Waals surface area contributed by atoms with Crippen molar-refractivity contribution in [1.82, 2.24) is 5.01 Å². The van der Waals surface area contributed by atoms with Crippen LogP contribution in [0.4, 0.5) is 0 Å². The van der Waals surface area contributed by atoms with E-state index in [9.17, 15) is 9.59 Å². The summed E-state index contributed by atoms with van der Waals surface area (Å²) in [4.78, 5) is 20.2. The number of aldehydes is 2. The Morgan fingerprint density at radius 2 is 2.18 bits per heavy atom. The lowest BCUT2D eigenvalue weighted by molar-refractivity contribution is -0.108. The summed E-state index contributed by atoms with van der Waals surface area (Å²) in [6.45, 7) is 2.05. The first kappa shape index (κ1) is 9.81. The first-order valence-corrected chi connectivity index (χ1v) is 3.42. The summed E-state index contributed by atoms with van der Waals surface area (Å²) in [5, 5.41) is 5.28. The van der Waals surface area contributed by atoms with Gasteiger partial charge in [0.25, 0.3) is 0 Å². The molecule has 0 saturated heterocycles. The number of rotatable bonds is 5. The van der Waals surface area contributed by atoms with Crippen LogP contribution in [0.1, 0.15) is 13.3 Å². The number of hydrogen-bond acceptors (Lipinski definition) is 4. The van der Waals surface area contributed by atoms with Gasteiger partial charge in [-0.25, -0.2) is 0 Å². The van der Waals surface area contributed by atoms with Gasteiger partial charge in [-0.1, -0.05) is 6.92 Å². The van der Waals surface area contributed by atoms with Crippen molar-refractivity contribution < 1.29 is 9.59 Å². The van der Waals surface area contributed by atoms with E-state index in [1.165, 1.54) is 5.01 Å². The minimum absolute atomic E-state index is 0.220. The number of hydrogen-bond donors (Lipinski definition) is 0. The zero-order chi connectivity index (χ0) is 8.69. The monoisotopic (exact) mass is 156 g/mol. The Kier molecular flexibility index (Phi) is 4.98. The van der Waals surface area contributed by atoms with Crippen molar-refractivity contribution in [2.45, 2.75) is 13.3 Å². The molecule has 0 spiro atoms. The maximum atomic E-state index is 10.2. The minimum Gasteiger partial charge on any atom is -0.301 e. The Balaban J connectivity index is 4.01. The molecule has 0 atom stereocenters. The van der Waals surface area contributed by atoms with Crippen molar-refractivity contribution in [2.24, 2.45) is 5.10 Å². The lowest BCUT2D eigenvalue weighted by Crippen LogP contribution is -2.16. The molecule has 0 aromatic carbocycles. The van der Waals surface area contributed by atoms with E-state index >= 15 is 0 Å². The molecule has 11 heavy (non-hydrogen) atoms. The van der Waals surface area contributed by atoms with E-state index in [1.807, 2.05) is 6.92 Å². The first-order valence-electron chi connectivity index (χ1n) is 3.42. The van der Waals surface area contributed by atoms with Gasteiger partial charge in [0.1, 0.15) is 6.29 Å². The molecule has 0 saturated carbocycles. The van der Waals surface area contributed by atoms with Gasteiger partial charge in [-0.2, -0.15) is 5.10 Å². The number of likely N-dealkylation sites (N-methyl/N-ethyl adjacent to an activating group) is 1. The molecule has 0 heterocycles. The third kappa shape index (κ3) is 4.25. The molecule has 0 aromatic heterocycles. The van der Waals surface area contributed by atoms with Crippen LogP contribution in [-0.4, -0.2) is 36.9 Å². The highest BCUT2D eigenvalue weighted by Gasteiger charge is 1.95. The topological polar surface area (TPSA) is 49.7 Å². The molecule has 0 amide bonds. The van der Waals surface area contributed by atoms with Crippen LogP contribution in [0, 0.1) is 0 Å². The van der Waals surface area contributed by atoms with Crippen LogP contribution >= 0.6 is 0 Å². The average Bonchev–Trinajstić information content (AvgIpc) is 2.01. The summed E-state index contributed by atoms with van der Waals surface area (Å²) in [7, 11) is 1.65. The van der Waals surface area contributed by atoms with Crippen LogP contribution in [0.2, 0.25) is 0 Å². The molecule has 0 radical (unpaired) electrons. The molecule has 0 aliphatic heterocycles. The van der Waals surface area contributed by atoms with Gasteiger partial charge in [-0.05, 0) is 6.42 Å². The summed E-state index contributed by atoms with van der Waals surface area (Å²) in [6, 6.07) is 0. The van der Waals surface area contributed by atoms with Crippen LogP contribution in [0.25, 0.3) is 0 Å². The summed E-state index contributed by atoms with van der Waals surface area (Å²) < 4.78 is 0. The van der Waals surface area contributed by atoms with Gasteiger partial charge >= 0.3 is 0 Å². The molecule has 4 nitrogen and oxygen atoms in total. The van der Waals surface area contributed by atoms with Gasteiger partial charge in [-0.3, -0.25) is 9.80 Å². The largest absolute Gasteiger partial charge is 0.301 e.